The molecule has 1 aliphatic heterocycles. The van der Waals surface area contributed by atoms with Crippen molar-refractivity contribution in [2.75, 3.05) is 18.0 Å². The quantitative estimate of drug-likeness (QED) is 0.610. The van der Waals surface area contributed by atoms with E-state index in [-0.39, 0.29) is 23.5 Å². The first-order valence-electron chi connectivity index (χ1n) is 5.44. The van der Waals surface area contributed by atoms with Gasteiger partial charge in [0.15, 0.2) is 0 Å². The van der Waals surface area contributed by atoms with E-state index in [1.54, 1.807) is 4.90 Å². The molecule has 7 heteroatoms. The predicted octanol–water partition coefficient (Wildman–Crippen LogP) is 0.864. The summed E-state index contributed by atoms with van der Waals surface area (Å²) in [7, 11) is 0. The third-order valence-corrected chi connectivity index (χ3v) is 2.92. The lowest BCUT2D eigenvalue weighted by molar-refractivity contribution is -0.384. The van der Waals surface area contributed by atoms with Crippen LogP contribution in [0.2, 0.25) is 0 Å². The van der Waals surface area contributed by atoms with Gasteiger partial charge in [0, 0.05) is 19.2 Å². The largest absolute Gasteiger partial charge is 0.478 e. The number of anilines is 1. The molecule has 0 aliphatic carbocycles. The van der Waals surface area contributed by atoms with Gasteiger partial charge in [0.25, 0.3) is 5.69 Å². The van der Waals surface area contributed by atoms with Crippen molar-refractivity contribution in [3.05, 3.63) is 33.9 Å². The number of nitrogens with zero attached hydrogens (tertiary/aromatic N) is 2. The molecule has 1 aliphatic rings. The molecule has 7 nitrogen and oxygen atoms in total. The number of rotatable bonds is 3. The minimum absolute atomic E-state index is 0.0755. The Bertz CT molecular complexity index is 470. The van der Waals surface area contributed by atoms with Gasteiger partial charge in [0.05, 0.1) is 16.6 Å². The molecule has 0 radical (unpaired) electrons. The molecular weight excluding hydrogens is 240 g/mol. The van der Waals surface area contributed by atoms with Crippen LogP contribution < -0.4 is 4.90 Å². The molecule has 0 aromatic heterocycles. The van der Waals surface area contributed by atoms with Crippen LogP contribution in [0.15, 0.2) is 18.2 Å². The van der Waals surface area contributed by atoms with Crippen LogP contribution in [0, 0.1) is 10.1 Å². The number of nitro benzene ring substituents is 1. The van der Waals surface area contributed by atoms with Gasteiger partial charge >= 0.3 is 5.97 Å². The van der Waals surface area contributed by atoms with Crippen LogP contribution in [0.3, 0.4) is 0 Å². The first kappa shape index (κ1) is 12.3. The highest BCUT2D eigenvalue weighted by atomic mass is 16.6. The second kappa shape index (κ2) is 4.61. The molecule has 2 rings (SSSR count). The Hall–Kier alpha value is -2.15. The first-order valence-corrected chi connectivity index (χ1v) is 5.44. The van der Waals surface area contributed by atoms with Crippen molar-refractivity contribution < 1.29 is 19.9 Å². The third-order valence-electron chi connectivity index (χ3n) is 2.92. The van der Waals surface area contributed by atoms with Gasteiger partial charge in [-0.25, -0.2) is 4.79 Å². The average Bonchev–Trinajstić information content (AvgIpc) is 2.74. The molecule has 18 heavy (non-hydrogen) atoms. The maximum absolute atomic E-state index is 11.1. The van der Waals surface area contributed by atoms with Gasteiger partial charge in [-0.2, -0.15) is 0 Å². The van der Waals surface area contributed by atoms with Crippen molar-refractivity contribution in [2.24, 2.45) is 0 Å². The summed E-state index contributed by atoms with van der Waals surface area (Å²) in [5.41, 5.74) is -0.283. The Morgan fingerprint density at radius 2 is 2.22 bits per heavy atom. The van der Waals surface area contributed by atoms with E-state index in [0.29, 0.717) is 13.0 Å². The number of carbonyl (C=O) groups is 1. The van der Waals surface area contributed by atoms with Crippen LogP contribution in [0.4, 0.5) is 11.4 Å². The molecule has 1 heterocycles. The van der Waals surface area contributed by atoms with E-state index in [0.717, 1.165) is 0 Å². The second-order valence-electron chi connectivity index (χ2n) is 4.12. The minimum atomic E-state index is -1.21. The number of β-amino-alcohol motifs (C(OH)–C–C–N with tert-alkyl or cyclic N) is 1. The number of aliphatic hydroxyl groups excluding tert-OH is 1. The summed E-state index contributed by atoms with van der Waals surface area (Å²) in [4.78, 5) is 23.0. The van der Waals surface area contributed by atoms with Crippen molar-refractivity contribution in [3.63, 3.8) is 0 Å². The van der Waals surface area contributed by atoms with Crippen LogP contribution in [0.1, 0.15) is 16.8 Å². The molecule has 1 saturated heterocycles. The molecule has 0 amide bonds. The van der Waals surface area contributed by atoms with Gasteiger partial charge in [-0.15, -0.1) is 0 Å². The zero-order chi connectivity index (χ0) is 13.3. The fourth-order valence-electron chi connectivity index (χ4n) is 2.13. The van der Waals surface area contributed by atoms with E-state index < -0.39 is 17.0 Å². The van der Waals surface area contributed by atoms with Crippen molar-refractivity contribution in [1.82, 2.24) is 0 Å². The van der Waals surface area contributed by atoms with Crippen molar-refractivity contribution in [2.45, 2.75) is 12.5 Å². The number of hydrogen-bond donors (Lipinski definition) is 2. The van der Waals surface area contributed by atoms with E-state index in [1.807, 2.05) is 0 Å². The highest BCUT2D eigenvalue weighted by Crippen LogP contribution is 2.34. The van der Waals surface area contributed by atoms with Gasteiger partial charge in [-0.1, -0.05) is 6.07 Å². The third kappa shape index (κ3) is 2.12. The molecule has 0 bridgehead atoms. The highest BCUT2D eigenvalue weighted by Gasteiger charge is 2.30. The maximum Gasteiger partial charge on any atom is 0.338 e. The molecular formula is C11H12N2O5. The van der Waals surface area contributed by atoms with E-state index in [2.05, 4.69) is 0 Å². The molecule has 1 aromatic carbocycles. The summed E-state index contributed by atoms with van der Waals surface area (Å²) in [6, 6.07) is 3.94. The van der Waals surface area contributed by atoms with Crippen molar-refractivity contribution >= 4 is 17.3 Å². The van der Waals surface area contributed by atoms with E-state index in [1.165, 1.54) is 18.2 Å². The minimum Gasteiger partial charge on any atom is -0.478 e. The van der Waals surface area contributed by atoms with Gasteiger partial charge in [-0.3, -0.25) is 10.1 Å². The molecule has 2 N–H and O–H groups in total. The standard InChI is InChI=1S/C11H12N2O5/c14-7-4-5-12(6-7)10-8(11(15)16)2-1-3-9(10)13(17)18/h1-3,7,14H,4-6H2,(H,15,16). The molecule has 0 saturated carbocycles. The van der Waals surface area contributed by atoms with Gasteiger partial charge in [-0.05, 0) is 12.5 Å². The van der Waals surface area contributed by atoms with Gasteiger partial charge in [0.1, 0.15) is 5.69 Å². The topological polar surface area (TPSA) is 104 Å². The number of aromatic carboxylic acids is 1. The molecule has 1 fully saturated rings. The molecule has 96 valence electrons. The Balaban J connectivity index is 2.53. The predicted molar refractivity (Wildman–Crippen MR) is 62.9 cm³/mol. The highest BCUT2D eigenvalue weighted by molar-refractivity contribution is 5.97. The number of benzene rings is 1. The molecule has 0 spiro atoms. The number of nitro groups is 1. The monoisotopic (exact) mass is 252 g/mol. The second-order valence-corrected chi connectivity index (χ2v) is 4.12. The smallest absolute Gasteiger partial charge is 0.338 e. The lowest BCUT2D eigenvalue weighted by atomic mass is 10.1. The number of carboxylic acids is 1. The summed E-state index contributed by atoms with van der Waals surface area (Å²) in [5, 5.41) is 29.5. The summed E-state index contributed by atoms with van der Waals surface area (Å²) < 4.78 is 0. The summed E-state index contributed by atoms with van der Waals surface area (Å²) in [6.45, 7) is 0.622. The lowest BCUT2D eigenvalue weighted by Gasteiger charge is -2.19. The Labute approximate surface area is 102 Å². The van der Waals surface area contributed by atoms with Crippen molar-refractivity contribution in [3.8, 4) is 0 Å². The Kier molecular flexibility index (Phi) is 3.15. The zero-order valence-corrected chi connectivity index (χ0v) is 9.44. The van der Waals surface area contributed by atoms with Gasteiger partial charge < -0.3 is 15.1 Å². The van der Waals surface area contributed by atoms with E-state index in [4.69, 9.17) is 5.11 Å². The van der Waals surface area contributed by atoms with Crippen molar-refractivity contribution in [1.29, 1.82) is 0 Å². The maximum atomic E-state index is 11.1. The lowest BCUT2D eigenvalue weighted by Crippen LogP contribution is -2.24. The summed E-state index contributed by atoms with van der Waals surface area (Å²) >= 11 is 0. The SMILES string of the molecule is O=C(O)c1cccc([N+](=O)[O-])c1N1CCC(O)C1. The first-order chi connectivity index (χ1) is 8.50. The molecule has 1 aromatic rings. The van der Waals surface area contributed by atoms with E-state index in [9.17, 15) is 20.0 Å². The molecule has 1 atom stereocenters. The zero-order valence-electron chi connectivity index (χ0n) is 9.44. The van der Waals surface area contributed by atoms with Crippen LogP contribution >= 0.6 is 0 Å². The van der Waals surface area contributed by atoms with E-state index >= 15 is 0 Å². The summed E-state index contributed by atoms with van der Waals surface area (Å²) in [5.74, 6) is -1.21. The normalized spacial score (nSPS) is 18.9. The Morgan fingerprint density at radius 3 is 2.72 bits per heavy atom. The molecule has 1 unspecified atom stereocenters. The fraction of sp³-hybridized carbons (Fsp3) is 0.364. The number of carboxylic acid groups (broad SMARTS) is 1. The number of hydrogen-bond acceptors (Lipinski definition) is 5. The van der Waals surface area contributed by atoms with Crippen LogP contribution in [0.5, 0.6) is 0 Å². The van der Waals surface area contributed by atoms with Crippen LogP contribution in [0.25, 0.3) is 0 Å². The number of para-hydroxylation sites is 1. The van der Waals surface area contributed by atoms with Crippen LogP contribution in [-0.2, 0) is 0 Å². The van der Waals surface area contributed by atoms with Gasteiger partial charge in [0.2, 0.25) is 0 Å². The van der Waals surface area contributed by atoms with Crippen LogP contribution in [-0.4, -0.2) is 40.3 Å². The number of aliphatic hydroxyl groups is 1. The fourth-order valence-corrected chi connectivity index (χ4v) is 2.13. The average molecular weight is 252 g/mol. The Morgan fingerprint density at radius 1 is 1.50 bits per heavy atom. The summed E-state index contributed by atoms with van der Waals surface area (Å²) in [6.07, 6.45) is -0.100.